The standard InChI is InChI=1S/C30H33N5O2/c36-28(33-17-13-31-14-18-33)20-34-25-9-1-2-10-26(25)35(30(34)37)23-11-15-32(16-12-23)27-19-22-7-3-5-21-6-4-8-24(27)29(21)22/h1-10,23,27,31H,11-20H2/t27-/m1/s1. The fourth-order valence-electron chi connectivity index (χ4n) is 6.88. The average molecular weight is 496 g/mol. The third-order valence-electron chi connectivity index (χ3n) is 8.73. The van der Waals surface area contributed by atoms with Gasteiger partial charge in [0, 0.05) is 51.4 Å². The highest BCUT2D eigenvalue weighted by Crippen LogP contribution is 2.41. The second-order valence-electron chi connectivity index (χ2n) is 10.7. The lowest BCUT2D eigenvalue weighted by Crippen LogP contribution is -2.48. The number of fused-ring (bicyclic) bond motifs is 1. The molecule has 3 aliphatic rings. The Balaban J connectivity index is 1.13. The summed E-state index contributed by atoms with van der Waals surface area (Å²) >= 11 is 0. The fraction of sp³-hybridized carbons (Fsp3) is 0.400. The smallest absolute Gasteiger partial charge is 0.329 e. The van der Waals surface area contributed by atoms with Gasteiger partial charge in [-0.1, -0.05) is 48.5 Å². The molecule has 0 spiro atoms. The van der Waals surface area contributed by atoms with Crippen LogP contribution in [0.2, 0.25) is 0 Å². The van der Waals surface area contributed by atoms with Crippen molar-refractivity contribution in [3.8, 4) is 0 Å². The Bertz CT molecular complexity index is 1530. The third-order valence-corrected chi connectivity index (χ3v) is 8.73. The molecule has 1 aliphatic carbocycles. The molecule has 1 aromatic heterocycles. The molecule has 0 radical (unpaired) electrons. The van der Waals surface area contributed by atoms with Crippen molar-refractivity contribution in [3.63, 3.8) is 0 Å². The lowest BCUT2D eigenvalue weighted by molar-refractivity contribution is -0.132. The van der Waals surface area contributed by atoms with Gasteiger partial charge >= 0.3 is 5.69 Å². The van der Waals surface area contributed by atoms with Gasteiger partial charge in [-0.3, -0.25) is 18.8 Å². The van der Waals surface area contributed by atoms with Gasteiger partial charge in [-0.2, -0.15) is 0 Å². The average Bonchev–Trinajstić information content (AvgIpc) is 3.46. The summed E-state index contributed by atoms with van der Waals surface area (Å²) in [5.74, 6) is 0.0243. The molecule has 0 saturated carbocycles. The van der Waals surface area contributed by atoms with Crippen LogP contribution in [0.1, 0.15) is 36.1 Å². The van der Waals surface area contributed by atoms with Crippen molar-refractivity contribution < 1.29 is 4.79 Å². The van der Waals surface area contributed by atoms with Gasteiger partial charge in [0.15, 0.2) is 0 Å². The number of nitrogens with zero attached hydrogens (tertiary/aromatic N) is 4. The molecule has 1 atom stereocenters. The van der Waals surface area contributed by atoms with E-state index in [4.69, 9.17) is 0 Å². The van der Waals surface area contributed by atoms with Crippen LogP contribution in [0.4, 0.5) is 0 Å². The van der Waals surface area contributed by atoms with E-state index >= 15 is 0 Å². The second-order valence-corrected chi connectivity index (χ2v) is 10.7. The number of aromatic nitrogens is 2. The minimum Gasteiger partial charge on any atom is -0.339 e. The Morgan fingerprint density at radius 2 is 1.59 bits per heavy atom. The number of nitrogens with one attached hydrogen (secondary N) is 1. The maximum Gasteiger partial charge on any atom is 0.329 e. The van der Waals surface area contributed by atoms with E-state index in [1.165, 1.54) is 21.9 Å². The van der Waals surface area contributed by atoms with Crippen LogP contribution in [0.25, 0.3) is 21.8 Å². The van der Waals surface area contributed by atoms with Crippen molar-refractivity contribution >= 4 is 27.7 Å². The van der Waals surface area contributed by atoms with Crippen molar-refractivity contribution in [2.45, 2.75) is 37.9 Å². The number of rotatable bonds is 4. The largest absolute Gasteiger partial charge is 0.339 e. The van der Waals surface area contributed by atoms with E-state index in [-0.39, 0.29) is 24.2 Å². The Morgan fingerprint density at radius 3 is 2.38 bits per heavy atom. The highest BCUT2D eigenvalue weighted by Gasteiger charge is 2.33. The first-order chi connectivity index (χ1) is 18.2. The molecule has 7 heteroatoms. The lowest BCUT2D eigenvalue weighted by atomic mass is 9.99. The number of benzene rings is 3. The van der Waals surface area contributed by atoms with Gasteiger partial charge in [0.2, 0.25) is 5.91 Å². The van der Waals surface area contributed by atoms with Gasteiger partial charge in [-0.25, -0.2) is 4.79 Å². The number of carbonyl (C=O) groups excluding carboxylic acids is 1. The van der Waals surface area contributed by atoms with E-state index in [9.17, 15) is 9.59 Å². The lowest BCUT2D eigenvalue weighted by Gasteiger charge is -2.36. The predicted molar refractivity (Wildman–Crippen MR) is 146 cm³/mol. The zero-order valence-corrected chi connectivity index (χ0v) is 21.1. The first-order valence-corrected chi connectivity index (χ1v) is 13.6. The number of amides is 1. The molecular formula is C30H33N5O2. The van der Waals surface area contributed by atoms with Crippen LogP contribution in [0.15, 0.2) is 65.5 Å². The van der Waals surface area contributed by atoms with E-state index in [0.29, 0.717) is 19.1 Å². The van der Waals surface area contributed by atoms with Crippen molar-refractivity contribution in [2.24, 2.45) is 0 Å². The summed E-state index contributed by atoms with van der Waals surface area (Å²) in [6.07, 6.45) is 2.93. The van der Waals surface area contributed by atoms with E-state index in [1.807, 2.05) is 33.7 Å². The molecule has 3 heterocycles. The molecule has 4 aromatic rings. The molecule has 2 saturated heterocycles. The zero-order chi connectivity index (χ0) is 24.9. The van der Waals surface area contributed by atoms with Crippen molar-refractivity contribution in [1.29, 1.82) is 0 Å². The first-order valence-electron chi connectivity index (χ1n) is 13.6. The Hall–Kier alpha value is -3.42. The molecule has 2 fully saturated rings. The summed E-state index contributed by atoms with van der Waals surface area (Å²) < 4.78 is 3.67. The Morgan fingerprint density at radius 1 is 0.865 bits per heavy atom. The number of carbonyl (C=O) groups is 1. The maximum atomic E-state index is 13.7. The molecule has 190 valence electrons. The molecule has 3 aromatic carbocycles. The van der Waals surface area contributed by atoms with Crippen LogP contribution in [0.5, 0.6) is 0 Å². The quantitative estimate of drug-likeness (QED) is 0.472. The molecular weight excluding hydrogens is 462 g/mol. The minimum absolute atomic E-state index is 0.0243. The van der Waals surface area contributed by atoms with Crippen LogP contribution >= 0.6 is 0 Å². The van der Waals surface area contributed by atoms with Crippen molar-refractivity contribution in [3.05, 3.63) is 82.3 Å². The van der Waals surface area contributed by atoms with Crippen LogP contribution in [0.3, 0.4) is 0 Å². The minimum atomic E-state index is -0.0545. The molecule has 1 amide bonds. The maximum absolute atomic E-state index is 13.7. The van der Waals surface area contributed by atoms with E-state index < -0.39 is 0 Å². The Kier molecular flexibility index (Phi) is 5.63. The molecule has 1 N–H and O–H groups in total. The van der Waals surface area contributed by atoms with Crippen LogP contribution in [-0.2, 0) is 17.8 Å². The van der Waals surface area contributed by atoms with Gasteiger partial charge in [0.25, 0.3) is 0 Å². The summed E-state index contributed by atoms with van der Waals surface area (Å²) in [5, 5.41) is 6.06. The highest BCUT2D eigenvalue weighted by atomic mass is 16.2. The van der Waals surface area contributed by atoms with E-state index in [0.717, 1.165) is 56.5 Å². The molecule has 7 rings (SSSR count). The summed E-state index contributed by atoms with van der Waals surface area (Å²) in [6.45, 7) is 5.04. The fourth-order valence-corrected chi connectivity index (χ4v) is 6.88. The van der Waals surface area contributed by atoms with Gasteiger partial charge < -0.3 is 10.2 Å². The SMILES string of the molecule is O=C(Cn1c(=O)n(C2CCN([C@@H]3Cc4cccc5cccc3c45)CC2)c2ccccc21)N1CCNCC1. The molecule has 2 aliphatic heterocycles. The van der Waals surface area contributed by atoms with E-state index in [2.05, 4.69) is 46.6 Å². The molecule has 0 bridgehead atoms. The number of para-hydroxylation sites is 2. The number of piperidine rings is 1. The highest BCUT2D eigenvalue weighted by molar-refractivity contribution is 5.91. The summed E-state index contributed by atoms with van der Waals surface area (Å²) in [5.41, 5.74) is 4.65. The van der Waals surface area contributed by atoms with Gasteiger partial charge in [-0.05, 0) is 53.3 Å². The second kappa shape index (κ2) is 9.15. The van der Waals surface area contributed by atoms with Gasteiger partial charge in [-0.15, -0.1) is 0 Å². The van der Waals surface area contributed by atoms with Crippen LogP contribution < -0.4 is 11.0 Å². The molecule has 0 unspecified atom stereocenters. The topological polar surface area (TPSA) is 62.5 Å². The van der Waals surface area contributed by atoms with Gasteiger partial charge in [0.05, 0.1) is 11.0 Å². The number of hydrogen-bond acceptors (Lipinski definition) is 4. The van der Waals surface area contributed by atoms with Crippen LogP contribution in [0, 0.1) is 0 Å². The van der Waals surface area contributed by atoms with E-state index in [1.54, 1.807) is 4.57 Å². The van der Waals surface area contributed by atoms with Crippen LogP contribution in [-0.4, -0.2) is 64.1 Å². The van der Waals surface area contributed by atoms with Crippen molar-refractivity contribution in [1.82, 2.24) is 24.3 Å². The number of piperazine rings is 1. The predicted octanol–water partition coefficient (Wildman–Crippen LogP) is 3.32. The Labute approximate surface area is 216 Å². The monoisotopic (exact) mass is 495 g/mol. The summed E-state index contributed by atoms with van der Waals surface area (Å²) in [4.78, 5) is 31.3. The summed E-state index contributed by atoms with van der Waals surface area (Å²) in [6, 6.07) is 21.9. The first kappa shape index (κ1) is 22.8. The van der Waals surface area contributed by atoms with Gasteiger partial charge in [0.1, 0.15) is 6.54 Å². The normalized spacial score (nSPS) is 20.8. The zero-order valence-electron chi connectivity index (χ0n) is 21.1. The molecule has 37 heavy (non-hydrogen) atoms. The third kappa shape index (κ3) is 3.80. The molecule has 7 nitrogen and oxygen atoms in total. The summed E-state index contributed by atoms with van der Waals surface area (Å²) in [7, 11) is 0. The number of likely N-dealkylation sites (tertiary alicyclic amines) is 1. The number of hydrogen-bond donors (Lipinski definition) is 1. The number of imidazole rings is 1. The van der Waals surface area contributed by atoms with Crippen molar-refractivity contribution in [2.75, 3.05) is 39.3 Å².